The van der Waals surface area contributed by atoms with E-state index >= 15 is 0 Å². The Labute approximate surface area is 119 Å². The van der Waals surface area contributed by atoms with Crippen LogP contribution in [0.3, 0.4) is 0 Å². The summed E-state index contributed by atoms with van der Waals surface area (Å²) in [6.45, 7) is 6.49. The first-order chi connectivity index (χ1) is 9.20. The van der Waals surface area contributed by atoms with Gasteiger partial charge >= 0.3 is 0 Å². The Kier molecular flexibility index (Phi) is 3.50. The van der Waals surface area contributed by atoms with Gasteiger partial charge in [-0.1, -0.05) is 18.5 Å². The van der Waals surface area contributed by atoms with Crippen LogP contribution in [0, 0.1) is 5.92 Å². The number of nitrogens with one attached hydrogen (secondary N) is 1. The van der Waals surface area contributed by atoms with Crippen molar-refractivity contribution >= 4 is 22.6 Å². The van der Waals surface area contributed by atoms with Gasteiger partial charge in [0.2, 0.25) is 0 Å². The minimum atomic E-state index is 0.361. The standard InChI is InChI=1S/C15H20ClN3/c1-3-19-13-9-11(16)6-7-12(13)18-15(19)14-10(2)5-4-8-17-14/h6-7,9-10,14,17H,3-5,8H2,1-2H3. The van der Waals surface area contributed by atoms with Crippen molar-refractivity contribution in [3.8, 4) is 0 Å². The largest absolute Gasteiger partial charge is 0.327 e. The first-order valence-electron chi connectivity index (χ1n) is 7.09. The van der Waals surface area contributed by atoms with Crippen molar-refractivity contribution in [1.29, 1.82) is 0 Å². The molecular weight excluding hydrogens is 258 g/mol. The zero-order chi connectivity index (χ0) is 13.4. The van der Waals surface area contributed by atoms with Crippen molar-refractivity contribution in [2.75, 3.05) is 6.54 Å². The molecule has 0 aliphatic carbocycles. The summed E-state index contributed by atoms with van der Waals surface area (Å²) in [5.74, 6) is 1.79. The van der Waals surface area contributed by atoms with E-state index in [4.69, 9.17) is 16.6 Å². The Bertz CT molecular complexity index is 590. The van der Waals surface area contributed by atoms with Gasteiger partial charge in [0.15, 0.2) is 0 Å². The van der Waals surface area contributed by atoms with Gasteiger partial charge < -0.3 is 9.88 Å². The van der Waals surface area contributed by atoms with Gasteiger partial charge in [0.25, 0.3) is 0 Å². The van der Waals surface area contributed by atoms with Crippen LogP contribution in [0.1, 0.15) is 38.6 Å². The molecule has 1 N–H and O–H groups in total. The van der Waals surface area contributed by atoms with Gasteiger partial charge in [-0.2, -0.15) is 0 Å². The molecule has 1 aromatic heterocycles. The van der Waals surface area contributed by atoms with E-state index in [1.165, 1.54) is 12.8 Å². The number of imidazole rings is 1. The highest BCUT2D eigenvalue weighted by atomic mass is 35.5. The van der Waals surface area contributed by atoms with Gasteiger partial charge in [0.05, 0.1) is 17.1 Å². The molecule has 3 nitrogen and oxygen atoms in total. The van der Waals surface area contributed by atoms with E-state index in [1.54, 1.807) is 0 Å². The number of nitrogens with zero attached hydrogens (tertiary/aromatic N) is 2. The molecule has 1 saturated heterocycles. The van der Waals surface area contributed by atoms with Crippen LogP contribution in [0.4, 0.5) is 0 Å². The Morgan fingerprint density at radius 2 is 2.32 bits per heavy atom. The lowest BCUT2D eigenvalue weighted by Gasteiger charge is -2.29. The van der Waals surface area contributed by atoms with E-state index in [-0.39, 0.29) is 0 Å². The molecule has 3 rings (SSSR count). The lowest BCUT2D eigenvalue weighted by Crippen LogP contribution is -2.34. The van der Waals surface area contributed by atoms with Gasteiger partial charge in [-0.05, 0) is 50.4 Å². The molecule has 2 atom stereocenters. The fraction of sp³-hybridized carbons (Fsp3) is 0.533. The Morgan fingerprint density at radius 3 is 3.05 bits per heavy atom. The maximum atomic E-state index is 6.11. The molecule has 19 heavy (non-hydrogen) atoms. The van der Waals surface area contributed by atoms with E-state index in [2.05, 4.69) is 23.7 Å². The maximum absolute atomic E-state index is 6.11. The predicted octanol–water partition coefficient (Wildman–Crippen LogP) is 3.77. The average Bonchev–Trinajstić information content (AvgIpc) is 2.76. The first-order valence-corrected chi connectivity index (χ1v) is 7.47. The summed E-state index contributed by atoms with van der Waals surface area (Å²) in [5.41, 5.74) is 2.19. The molecule has 0 amide bonds. The van der Waals surface area contributed by atoms with Crippen molar-refractivity contribution in [2.45, 2.75) is 39.3 Å². The number of hydrogen-bond donors (Lipinski definition) is 1. The molecule has 1 fully saturated rings. The van der Waals surface area contributed by atoms with Crippen molar-refractivity contribution in [3.63, 3.8) is 0 Å². The number of piperidine rings is 1. The van der Waals surface area contributed by atoms with E-state index in [0.717, 1.165) is 35.0 Å². The van der Waals surface area contributed by atoms with E-state index in [0.29, 0.717) is 12.0 Å². The molecule has 1 aliphatic heterocycles. The topological polar surface area (TPSA) is 29.9 Å². The second-order valence-electron chi connectivity index (χ2n) is 5.40. The third-order valence-electron chi connectivity index (χ3n) is 4.10. The molecule has 0 spiro atoms. The molecule has 2 heterocycles. The van der Waals surface area contributed by atoms with Crippen LogP contribution in [0.2, 0.25) is 5.02 Å². The first kappa shape index (κ1) is 12.9. The minimum Gasteiger partial charge on any atom is -0.327 e. The molecule has 0 bridgehead atoms. The highest BCUT2D eigenvalue weighted by Crippen LogP contribution is 2.31. The summed E-state index contributed by atoms with van der Waals surface area (Å²) < 4.78 is 2.29. The van der Waals surface area contributed by atoms with Crippen molar-refractivity contribution in [1.82, 2.24) is 14.9 Å². The summed E-state index contributed by atoms with van der Waals surface area (Å²) >= 11 is 6.11. The SMILES string of the molecule is CCn1c(C2NCCCC2C)nc2ccc(Cl)cc21. The highest BCUT2D eigenvalue weighted by molar-refractivity contribution is 6.31. The van der Waals surface area contributed by atoms with Gasteiger partial charge in [0, 0.05) is 11.6 Å². The number of benzene rings is 1. The summed E-state index contributed by atoms with van der Waals surface area (Å²) in [7, 11) is 0. The number of hydrogen-bond acceptors (Lipinski definition) is 2. The third-order valence-corrected chi connectivity index (χ3v) is 4.34. The zero-order valence-electron chi connectivity index (χ0n) is 11.5. The van der Waals surface area contributed by atoms with E-state index in [1.807, 2.05) is 18.2 Å². The number of halogens is 1. The molecule has 2 unspecified atom stereocenters. The lowest BCUT2D eigenvalue weighted by atomic mass is 9.92. The Balaban J connectivity index is 2.12. The summed E-state index contributed by atoms with van der Waals surface area (Å²) in [4.78, 5) is 4.84. The number of aromatic nitrogens is 2. The quantitative estimate of drug-likeness (QED) is 0.906. The van der Waals surface area contributed by atoms with Crippen LogP contribution >= 0.6 is 11.6 Å². The number of fused-ring (bicyclic) bond motifs is 1. The van der Waals surface area contributed by atoms with E-state index in [9.17, 15) is 0 Å². The monoisotopic (exact) mass is 277 g/mol. The summed E-state index contributed by atoms with van der Waals surface area (Å²) in [6, 6.07) is 6.31. The normalized spacial score (nSPS) is 23.9. The van der Waals surface area contributed by atoms with Gasteiger partial charge in [0.1, 0.15) is 5.82 Å². The van der Waals surface area contributed by atoms with E-state index < -0.39 is 0 Å². The van der Waals surface area contributed by atoms with Crippen molar-refractivity contribution in [2.24, 2.45) is 5.92 Å². The summed E-state index contributed by atoms with van der Waals surface area (Å²) in [5, 5.41) is 4.40. The number of aryl methyl sites for hydroxylation is 1. The predicted molar refractivity (Wildman–Crippen MR) is 79.6 cm³/mol. The fourth-order valence-electron chi connectivity index (χ4n) is 3.08. The van der Waals surface area contributed by atoms with Crippen molar-refractivity contribution in [3.05, 3.63) is 29.0 Å². The second-order valence-corrected chi connectivity index (χ2v) is 5.84. The molecule has 0 saturated carbocycles. The molecular formula is C15H20ClN3. The van der Waals surface area contributed by atoms with Crippen LogP contribution < -0.4 is 5.32 Å². The molecule has 2 aromatic rings. The van der Waals surface area contributed by atoms with Crippen molar-refractivity contribution < 1.29 is 0 Å². The summed E-state index contributed by atoms with van der Waals surface area (Å²) in [6.07, 6.45) is 2.53. The van der Waals surface area contributed by atoms with Crippen LogP contribution in [0.25, 0.3) is 11.0 Å². The second kappa shape index (κ2) is 5.14. The fourth-order valence-corrected chi connectivity index (χ4v) is 3.25. The van der Waals surface area contributed by atoms with Crippen LogP contribution in [0.15, 0.2) is 18.2 Å². The molecule has 4 heteroatoms. The smallest absolute Gasteiger partial charge is 0.127 e. The maximum Gasteiger partial charge on any atom is 0.127 e. The third kappa shape index (κ3) is 2.26. The average molecular weight is 278 g/mol. The Hall–Kier alpha value is -1.06. The van der Waals surface area contributed by atoms with Gasteiger partial charge in [-0.15, -0.1) is 0 Å². The molecule has 102 valence electrons. The van der Waals surface area contributed by atoms with Gasteiger partial charge in [-0.3, -0.25) is 0 Å². The lowest BCUT2D eigenvalue weighted by molar-refractivity contribution is 0.289. The van der Waals surface area contributed by atoms with Crippen LogP contribution in [-0.4, -0.2) is 16.1 Å². The zero-order valence-corrected chi connectivity index (χ0v) is 12.2. The molecule has 1 aliphatic rings. The molecule has 1 aromatic carbocycles. The minimum absolute atomic E-state index is 0.361. The van der Waals surface area contributed by atoms with Crippen LogP contribution in [-0.2, 0) is 6.54 Å². The Morgan fingerprint density at radius 1 is 1.47 bits per heavy atom. The van der Waals surface area contributed by atoms with Gasteiger partial charge in [-0.25, -0.2) is 4.98 Å². The number of rotatable bonds is 2. The van der Waals surface area contributed by atoms with Crippen LogP contribution in [0.5, 0.6) is 0 Å². The molecule has 0 radical (unpaired) electrons. The highest BCUT2D eigenvalue weighted by Gasteiger charge is 2.27.